The zero-order chi connectivity index (χ0) is 17.3. The summed E-state index contributed by atoms with van der Waals surface area (Å²) in [6.45, 7) is 0.542. The summed E-state index contributed by atoms with van der Waals surface area (Å²) >= 11 is 0. The van der Waals surface area contributed by atoms with E-state index in [0.717, 1.165) is 29.7 Å². The topological polar surface area (TPSA) is 38.3 Å². The van der Waals surface area contributed by atoms with Gasteiger partial charge in [-0.2, -0.15) is 0 Å². The molecule has 126 valence electrons. The summed E-state index contributed by atoms with van der Waals surface area (Å²) < 4.78 is 5.82. The Morgan fingerprint density at radius 1 is 0.800 bits per heavy atom. The molecule has 1 atom stereocenters. The van der Waals surface area contributed by atoms with E-state index < -0.39 is 0 Å². The van der Waals surface area contributed by atoms with Crippen LogP contribution in [0.4, 0.5) is 0 Å². The molecule has 3 heteroatoms. The van der Waals surface area contributed by atoms with Crippen LogP contribution in [0.3, 0.4) is 0 Å². The van der Waals surface area contributed by atoms with Crippen molar-refractivity contribution in [3.8, 4) is 5.75 Å². The average molecular weight is 331 g/mol. The molecule has 0 spiro atoms. The molecule has 3 rings (SSSR count). The minimum Gasteiger partial charge on any atom is -0.489 e. The molecular weight excluding hydrogens is 310 g/mol. The van der Waals surface area contributed by atoms with Gasteiger partial charge in [-0.1, -0.05) is 72.8 Å². The van der Waals surface area contributed by atoms with Gasteiger partial charge in [0.15, 0.2) is 0 Å². The summed E-state index contributed by atoms with van der Waals surface area (Å²) in [5.74, 6) is 0.817. The molecule has 0 fully saturated rings. The SMILES string of the molecule is O=CN[C@H](Cc1ccccc1)c1ccc(OCc2ccccc2)cc1. The predicted molar refractivity (Wildman–Crippen MR) is 99.3 cm³/mol. The van der Waals surface area contributed by atoms with E-state index in [2.05, 4.69) is 17.4 Å². The molecule has 0 saturated carbocycles. The van der Waals surface area contributed by atoms with Crippen LogP contribution in [0.15, 0.2) is 84.9 Å². The molecule has 0 unspecified atom stereocenters. The second-order valence-corrected chi connectivity index (χ2v) is 5.87. The minimum absolute atomic E-state index is 0.0527. The number of carbonyl (C=O) groups excluding carboxylic acids is 1. The molecule has 0 aromatic heterocycles. The van der Waals surface area contributed by atoms with E-state index in [-0.39, 0.29) is 6.04 Å². The lowest BCUT2D eigenvalue weighted by molar-refractivity contribution is -0.110. The van der Waals surface area contributed by atoms with Crippen molar-refractivity contribution in [2.45, 2.75) is 19.1 Å². The fraction of sp³-hybridized carbons (Fsp3) is 0.136. The van der Waals surface area contributed by atoms with Crippen LogP contribution in [0.25, 0.3) is 0 Å². The molecule has 25 heavy (non-hydrogen) atoms. The van der Waals surface area contributed by atoms with Gasteiger partial charge < -0.3 is 10.1 Å². The fourth-order valence-corrected chi connectivity index (χ4v) is 2.74. The lowest BCUT2D eigenvalue weighted by atomic mass is 9.99. The molecule has 0 aliphatic carbocycles. The fourth-order valence-electron chi connectivity index (χ4n) is 2.74. The number of amides is 1. The van der Waals surface area contributed by atoms with Crippen LogP contribution in [0.2, 0.25) is 0 Å². The third-order valence-corrected chi connectivity index (χ3v) is 4.08. The van der Waals surface area contributed by atoms with Crippen molar-refractivity contribution in [2.24, 2.45) is 0 Å². The van der Waals surface area contributed by atoms with Crippen LogP contribution in [-0.4, -0.2) is 6.41 Å². The minimum atomic E-state index is -0.0527. The van der Waals surface area contributed by atoms with E-state index >= 15 is 0 Å². The number of ether oxygens (including phenoxy) is 1. The maximum Gasteiger partial charge on any atom is 0.207 e. The Morgan fingerprint density at radius 3 is 2.00 bits per heavy atom. The van der Waals surface area contributed by atoms with Gasteiger partial charge in [-0.3, -0.25) is 4.79 Å². The maximum atomic E-state index is 11.0. The van der Waals surface area contributed by atoms with Gasteiger partial charge >= 0.3 is 0 Å². The second kappa shape index (κ2) is 8.69. The summed E-state index contributed by atoms with van der Waals surface area (Å²) in [5, 5.41) is 2.90. The first-order valence-corrected chi connectivity index (χ1v) is 8.35. The van der Waals surface area contributed by atoms with Gasteiger partial charge in [-0.05, 0) is 35.2 Å². The van der Waals surface area contributed by atoms with E-state index in [1.807, 2.05) is 72.8 Å². The lowest BCUT2D eigenvalue weighted by Gasteiger charge is -2.17. The van der Waals surface area contributed by atoms with Crippen molar-refractivity contribution in [1.82, 2.24) is 5.32 Å². The third kappa shape index (κ3) is 4.95. The average Bonchev–Trinajstić information content (AvgIpc) is 2.68. The largest absolute Gasteiger partial charge is 0.489 e. The zero-order valence-corrected chi connectivity index (χ0v) is 14.0. The summed E-state index contributed by atoms with van der Waals surface area (Å²) in [4.78, 5) is 11.0. The number of nitrogens with one attached hydrogen (secondary N) is 1. The van der Waals surface area contributed by atoms with Gasteiger partial charge in [0.1, 0.15) is 12.4 Å². The number of carbonyl (C=O) groups is 1. The monoisotopic (exact) mass is 331 g/mol. The Bertz CT molecular complexity index is 770. The van der Waals surface area contributed by atoms with Crippen molar-refractivity contribution in [2.75, 3.05) is 0 Å². The van der Waals surface area contributed by atoms with Crippen molar-refractivity contribution in [3.05, 3.63) is 102 Å². The number of hydrogen-bond donors (Lipinski definition) is 1. The van der Waals surface area contributed by atoms with Crippen molar-refractivity contribution in [3.63, 3.8) is 0 Å². The Kier molecular flexibility index (Phi) is 5.83. The van der Waals surface area contributed by atoms with Crippen LogP contribution >= 0.6 is 0 Å². The molecule has 0 saturated heterocycles. The molecule has 0 aliphatic rings. The first kappa shape index (κ1) is 16.8. The van der Waals surface area contributed by atoms with Gasteiger partial charge in [0.05, 0.1) is 6.04 Å². The lowest BCUT2D eigenvalue weighted by Crippen LogP contribution is -2.21. The predicted octanol–water partition coefficient (Wildman–Crippen LogP) is 4.30. The van der Waals surface area contributed by atoms with E-state index in [4.69, 9.17) is 4.74 Å². The highest BCUT2D eigenvalue weighted by Crippen LogP contribution is 2.21. The molecule has 0 bridgehead atoms. The number of rotatable bonds is 8. The summed E-state index contributed by atoms with van der Waals surface area (Å²) in [7, 11) is 0. The molecule has 0 heterocycles. The van der Waals surface area contributed by atoms with E-state index in [0.29, 0.717) is 6.61 Å². The Labute approximate surface area is 148 Å². The quantitative estimate of drug-likeness (QED) is 0.625. The first-order valence-electron chi connectivity index (χ1n) is 8.35. The molecule has 3 aromatic rings. The van der Waals surface area contributed by atoms with Gasteiger partial charge in [0, 0.05) is 0 Å². The van der Waals surface area contributed by atoms with Gasteiger partial charge in [-0.25, -0.2) is 0 Å². The standard InChI is InChI=1S/C22H21NO2/c24-17-23-22(15-18-7-3-1-4-8-18)20-11-13-21(14-12-20)25-16-19-9-5-2-6-10-19/h1-14,17,22H,15-16H2,(H,23,24)/t22-/m1/s1. The first-order chi connectivity index (χ1) is 12.3. The Balaban J connectivity index is 1.65. The second-order valence-electron chi connectivity index (χ2n) is 5.87. The van der Waals surface area contributed by atoms with Crippen molar-refractivity contribution >= 4 is 6.41 Å². The summed E-state index contributed by atoms with van der Waals surface area (Å²) in [6.07, 6.45) is 1.51. The van der Waals surface area contributed by atoms with Crippen LogP contribution < -0.4 is 10.1 Å². The van der Waals surface area contributed by atoms with E-state index in [9.17, 15) is 4.79 Å². The van der Waals surface area contributed by atoms with Gasteiger partial charge in [0.25, 0.3) is 0 Å². The van der Waals surface area contributed by atoms with E-state index in [1.165, 1.54) is 5.56 Å². The summed E-state index contributed by atoms with van der Waals surface area (Å²) in [5.41, 5.74) is 3.38. The highest BCUT2D eigenvalue weighted by Gasteiger charge is 2.11. The third-order valence-electron chi connectivity index (χ3n) is 4.08. The number of hydrogen-bond acceptors (Lipinski definition) is 2. The van der Waals surface area contributed by atoms with Crippen LogP contribution in [-0.2, 0) is 17.8 Å². The maximum absolute atomic E-state index is 11.0. The Morgan fingerprint density at radius 2 is 1.40 bits per heavy atom. The van der Waals surface area contributed by atoms with E-state index in [1.54, 1.807) is 0 Å². The van der Waals surface area contributed by atoms with Crippen LogP contribution in [0.1, 0.15) is 22.7 Å². The molecule has 3 aromatic carbocycles. The molecular formula is C22H21NO2. The Hall–Kier alpha value is -3.07. The molecule has 1 amide bonds. The van der Waals surface area contributed by atoms with Crippen molar-refractivity contribution < 1.29 is 9.53 Å². The smallest absolute Gasteiger partial charge is 0.207 e. The molecule has 1 N–H and O–H groups in total. The highest BCUT2D eigenvalue weighted by molar-refractivity contribution is 5.48. The molecule has 3 nitrogen and oxygen atoms in total. The number of benzene rings is 3. The summed E-state index contributed by atoms with van der Waals surface area (Å²) in [6, 6.07) is 28.1. The molecule has 0 aliphatic heterocycles. The normalized spacial score (nSPS) is 11.5. The highest BCUT2D eigenvalue weighted by atomic mass is 16.5. The van der Waals surface area contributed by atoms with Gasteiger partial charge in [-0.15, -0.1) is 0 Å². The van der Waals surface area contributed by atoms with Crippen molar-refractivity contribution in [1.29, 1.82) is 0 Å². The van der Waals surface area contributed by atoms with Gasteiger partial charge in [0.2, 0.25) is 6.41 Å². The van der Waals surface area contributed by atoms with Crippen LogP contribution in [0, 0.1) is 0 Å². The zero-order valence-electron chi connectivity index (χ0n) is 14.0. The molecule has 0 radical (unpaired) electrons. The van der Waals surface area contributed by atoms with Crippen LogP contribution in [0.5, 0.6) is 5.75 Å².